The predicted octanol–water partition coefficient (Wildman–Crippen LogP) is 3.41. The summed E-state index contributed by atoms with van der Waals surface area (Å²) in [7, 11) is 1.03. The lowest BCUT2D eigenvalue weighted by Crippen LogP contribution is -2.31. The van der Waals surface area contributed by atoms with Gasteiger partial charge in [0.2, 0.25) is 0 Å². The summed E-state index contributed by atoms with van der Waals surface area (Å²) in [6.07, 6.45) is -0.866. The molecule has 23 heavy (non-hydrogen) atoms. The number of methoxy groups -OCH3 is 1. The Morgan fingerprint density at radius 2 is 1.91 bits per heavy atom. The first-order valence-corrected chi connectivity index (χ1v) is 7.04. The highest BCUT2D eigenvalue weighted by Crippen LogP contribution is 2.23. The van der Waals surface area contributed by atoms with E-state index < -0.39 is 30.1 Å². The quantitative estimate of drug-likeness (QED) is 0.616. The Morgan fingerprint density at radius 3 is 2.48 bits per heavy atom. The molecule has 1 N–H and O–H groups in total. The minimum absolute atomic E-state index is 0.0491. The number of carbonyl (C=O) groups is 2. The molecule has 0 atom stereocenters. The number of nitrogens with one attached hydrogen (secondary N) is 1. The number of hydrogen-bond acceptors (Lipinski definition) is 4. The molecule has 126 valence electrons. The van der Waals surface area contributed by atoms with E-state index in [-0.39, 0.29) is 13.0 Å². The summed E-state index contributed by atoms with van der Waals surface area (Å²) >= 11 is 0. The average Bonchev–Trinajstić information content (AvgIpc) is 2.52. The Morgan fingerprint density at radius 1 is 1.26 bits per heavy atom. The summed E-state index contributed by atoms with van der Waals surface area (Å²) in [6.45, 7) is 1.54. The van der Waals surface area contributed by atoms with Crippen LogP contribution in [0, 0.1) is 0 Å². The van der Waals surface area contributed by atoms with E-state index >= 15 is 0 Å². The lowest BCUT2D eigenvalue weighted by atomic mass is 10.1. The number of esters is 1. The highest BCUT2D eigenvalue weighted by atomic mass is 19.3. The van der Waals surface area contributed by atoms with Gasteiger partial charge >= 0.3 is 12.1 Å². The molecule has 0 radical (unpaired) electrons. The summed E-state index contributed by atoms with van der Waals surface area (Å²) < 4.78 is 36.5. The number of ether oxygens (including phenoxy) is 2. The second kappa shape index (κ2) is 8.87. The first kappa shape index (κ1) is 18.6. The number of allylic oxidation sites excluding steroid dienone is 1. The third kappa shape index (κ3) is 6.90. The minimum atomic E-state index is -3.23. The number of alkyl carbamates (subject to hydrolysis) is 1. The van der Waals surface area contributed by atoms with Crippen LogP contribution in [0.25, 0.3) is 0 Å². The fourth-order valence-electron chi connectivity index (χ4n) is 1.74. The van der Waals surface area contributed by atoms with Gasteiger partial charge in [0.1, 0.15) is 12.3 Å². The van der Waals surface area contributed by atoms with E-state index in [1.54, 1.807) is 37.3 Å². The van der Waals surface area contributed by atoms with Gasteiger partial charge in [-0.1, -0.05) is 43.7 Å². The first-order chi connectivity index (χ1) is 10.9. The van der Waals surface area contributed by atoms with Gasteiger partial charge < -0.3 is 9.47 Å². The maximum atomic E-state index is 13.6. The highest BCUT2D eigenvalue weighted by molar-refractivity contribution is 5.92. The van der Waals surface area contributed by atoms with Crippen molar-refractivity contribution in [1.82, 2.24) is 5.32 Å². The van der Waals surface area contributed by atoms with Gasteiger partial charge in [-0.05, 0) is 5.56 Å². The molecule has 0 heterocycles. The Hall–Kier alpha value is -2.44. The zero-order valence-electron chi connectivity index (χ0n) is 13.0. The molecular formula is C16H19F2NO4. The van der Waals surface area contributed by atoms with Gasteiger partial charge in [0.15, 0.2) is 0 Å². The summed E-state index contributed by atoms with van der Waals surface area (Å²) in [5.74, 6) is -4.30. The molecule has 0 saturated heterocycles. The fraction of sp³-hybridized carbons (Fsp3) is 0.375. The number of amides is 1. The molecule has 0 aliphatic heterocycles. The van der Waals surface area contributed by atoms with Crippen LogP contribution in [0.2, 0.25) is 0 Å². The number of alkyl halides is 2. The zero-order valence-corrected chi connectivity index (χ0v) is 13.0. The van der Waals surface area contributed by atoms with E-state index in [1.165, 1.54) is 0 Å². The number of benzene rings is 1. The third-order valence-electron chi connectivity index (χ3n) is 2.79. The molecule has 0 aliphatic rings. The number of halogens is 2. The standard InChI is InChI=1S/C16H19F2NO4/c1-3-9-16(17,18)10-13(14(20)22-2)19-15(21)23-11-12-7-5-4-6-8-12/h4-8,10H,3,9,11H2,1-2H3,(H,19,21)/b13-10+. The van der Waals surface area contributed by atoms with Crippen LogP contribution in [0.4, 0.5) is 13.6 Å². The first-order valence-electron chi connectivity index (χ1n) is 7.04. The van der Waals surface area contributed by atoms with Gasteiger partial charge in [0.25, 0.3) is 5.92 Å². The van der Waals surface area contributed by atoms with Crippen molar-refractivity contribution in [3.63, 3.8) is 0 Å². The van der Waals surface area contributed by atoms with Crippen molar-refractivity contribution in [2.24, 2.45) is 0 Å². The Bertz CT molecular complexity index is 558. The van der Waals surface area contributed by atoms with Crippen molar-refractivity contribution in [3.8, 4) is 0 Å². The molecule has 1 aromatic rings. The highest BCUT2D eigenvalue weighted by Gasteiger charge is 2.28. The Balaban J connectivity index is 2.71. The lowest BCUT2D eigenvalue weighted by Gasteiger charge is -2.14. The smallest absolute Gasteiger partial charge is 0.412 e. The number of carbonyl (C=O) groups excluding carboxylic acids is 2. The maximum Gasteiger partial charge on any atom is 0.412 e. The van der Waals surface area contributed by atoms with Gasteiger partial charge in [-0.2, -0.15) is 0 Å². The molecular weight excluding hydrogens is 308 g/mol. The third-order valence-corrected chi connectivity index (χ3v) is 2.79. The summed E-state index contributed by atoms with van der Waals surface area (Å²) in [6, 6.07) is 8.81. The summed E-state index contributed by atoms with van der Waals surface area (Å²) in [4.78, 5) is 23.2. The van der Waals surface area contributed by atoms with Gasteiger partial charge in [-0.15, -0.1) is 0 Å². The van der Waals surface area contributed by atoms with Crippen LogP contribution in [-0.2, 0) is 20.9 Å². The van der Waals surface area contributed by atoms with Crippen LogP contribution in [0.3, 0.4) is 0 Å². The lowest BCUT2D eigenvalue weighted by molar-refractivity contribution is -0.136. The van der Waals surface area contributed by atoms with E-state index in [4.69, 9.17) is 4.74 Å². The zero-order chi connectivity index (χ0) is 17.3. The molecule has 0 fully saturated rings. The van der Waals surface area contributed by atoms with Gasteiger partial charge in [0, 0.05) is 12.5 Å². The van der Waals surface area contributed by atoms with Crippen LogP contribution in [0.5, 0.6) is 0 Å². The molecule has 0 spiro atoms. The second-order valence-electron chi connectivity index (χ2n) is 4.75. The summed E-state index contributed by atoms with van der Waals surface area (Å²) in [5.41, 5.74) is 0.0755. The van der Waals surface area contributed by atoms with Crippen LogP contribution >= 0.6 is 0 Å². The van der Waals surface area contributed by atoms with Crippen molar-refractivity contribution < 1.29 is 27.8 Å². The maximum absolute atomic E-state index is 13.6. The fourth-order valence-corrected chi connectivity index (χ4v) is 1.74. The Labute approximate surface area is 133 Å². The van der Waals surface area contributed by atoms with Crippen LogP contribution < -0.4 is 5.32 Å². The Kier molecular flexibility index (Phi) is 7.18. The molecule has 0 saturated carbocycles. The molecule has 7 heteroatoms. The monoisotopic (exact) mass is 327 g/mol. The average molecular weight is 327 g/mol. The molecule has 1 amide bonds. The van der Waals surface area contributed by atoms with Crippen molar-refractivity contribution in [3.05, 3.63) is 47.7 Å². The molecule has 1 aromatic carbocycles. The van der Waals surface area contributed by atoms with E-state index in [2.05, 4.69) is 4.74 Å². The van der Waals surface area contributed by atoms with Crippen molar-refractivity contribution in [1.29, 1.82) is 0 Å². The normalized spacial score (nSPS) is 11.7. The molecule has 0 bridgehead atoms. The van der Waals surface area contributed by atoms with Gasteiger partial charge in [-0.25, -0.2) is 18.4 Å². The molecule has 0 unspecified atom stereocenters. The number of rotatable bonds is 7. The van der Waals surface area contributed by atoms with Gasteiger partial charge in [-0.3, -0.25) is 5.32 Å². The molecule has 5 nitrogen and oxygen atoms in total. The van der Waals surface area contributed by atoms with Crippen molar-refractivity contribution >= 4 is 12.1 Å². The van der Waals surface area contributed by atoms with Crippen LogP contribution in [0.15, 0.2) is 42.1 Å². The van der Waals surface area contributed by atoms with Crippen molar-refractivity contribution in [2.45, 2.75) is 32.3 Å². The van der Waals surface area contributed by atoms with Crippen LogP contribution in [0.1, 0.15) is 25.3 Å². The topological polar surface area (TPSA) is 64.6 Å². The molecule has 0 aliphatic carbocycles. The second-order valence-corrected chi connectivity index (χ2v) is 4.75. The number of hydrogen-bond donors (Lipinski definition) is 1. The summed E-state index contributed by atoms with van der Waals surface area (Å²) in [5, 5.41) is 2.00. The van der Waals surface area contributed by atoms with Gasteiger partial charge in [0.05, 0.1) is 7.11 Å². The largest absolute Gasteiger partial charge is 0.464 e. The van der Waals surface area contributed by atoms with E-state index in [9.17, 15) is 18.4 Å². The predicted molar refractivity (Wildman–Crippen MR) is 79.7 cm³/mol. The van der Waals surface area contributed by atoms with E-state index in [1.807, 2.05) is 5.32 Å². The van der Waals surface area contributed by atoms with E-state index in [0.717, 1.165) is 12.7 Å². The van der Waals surface area contributed by atoms with Crippen molar-refractivity contribution in [2.75, 3.05) is 7.11 Å². The minimum Gasteiger partial charge on any atom is -0.464 e. The molecule has 0 aromatic heterocycles. The SMILES string of the molecule is CCCC(F)(F)/C=C(/NC(=O)OCc1ccccc1)C(=O)OC. The van der Waals surface area contributed by atoms with Crippen LogP contribution in [-0.4, -0.2) is 25.1 Å². The molecule has 1 rings (SSSR count). The van der Waals surface area contributed by atoms with E-state index in [0.29, 0.717) is 6.08 Å².